The number of ketones is 1. The summed E-state index contributed by atoms with van der Waals surface area (Å²) in [4.78, 5) is 28.3. The SMILES string of the molecule is CCCC(=O)C1CCN([C@H]2CCCN(C(=O)OCC)CC2)CC1. The molecule has 0 aliphatic carbocycles. The molecule has 1 amide bonds. The van der Waals surface area contributed by atoms with Crippen molar-refractivity contribution in [2.45, 2.75) is 64.8 Å². The molecule has 5 nitrogen and oxygen atoms in total. The first-order valence-electron chi connectivity index (χ1n) is 9.34. The second-order valence-corrected chi connectivity index (χ2v) is 6.80. The number of hydrogen-bond donors (Lipinski definition) is 0. The van der Waals surface area contributed by atoms with Gasteiger partial charge in [-0.3, -0.25) is 4.79 Å². The van der Waals surface area contributed by atoms with Crippen LogP contribution in [-0.4, -0.2) is 60.5 Å². The summed E-state index contributed by atoms with van der Waals surface area (Å²) in [5.74, 6) is 0.745. The summed E-state index contributed by atoms with van der Waals surface area (Å²) in [6, 6.07) is 0.552. The largest absolute Gasteiger partial charge is 0.450 e. The van der Waals surface area contributed by atoms with Crippen molar-refractivity contribution in [3.8, 4) is 0 Å². The molecule has 0 unspecified atom stereocenters. The van der Waals surface area contributed by atoms with Crippen molar-refractivity contribution < 1.29 is 14.3 Å². The molecular weight excluding hydrogens is 292 g/mol. The van der Waals surface area contributed by atoms with E-state index in [-0.39, 0.29) is 12.0 Å². The van der Waals surface area contributed by atoms with Crippen LogP contribution in [0.15, 0.2) is 0 Å². The summed E-state index contributed by atoms with van der Waals surface area (Å²) in [5.41, 5.74) is 0. The molecule has 0 radical (unpaired) electrons. The maximum absolute atomic E-state index is 12.0. The van der Waals surface area contributed by atoms with Crippen molar-refractivity contribution in [1.29, 1.82) is 0 Å². The first kappa shape index (κ1) is 18.2. The lowest BCUT2D eigenvalue weighted by molar-refractivity contribution is -0.124. The number of nitrogens with zero attached hydrogens (tertiary/aromatic N) is 2. The minimum absolute atomic E-state index is 0.169. The lowest BCUT2D eigenvalue weighted by atomic mass is 9.89. The van der Waals surface area contributed by atoms with E-state index in [1.165, 1.54) is 0 Å². The number of hydrogen-bond acceptors (Lipinski definition) is 4. The zero-order valence-electron chi connectivity index (χ0n) is 14.8. The van der Waals surface area contributed by atoms with Crippen LogP contribution in [0.25, 0.3) is 0 Å². The van der Waals surface area contributed by atoms with Crippen LogP contribution in [0.2, 0.25) is 0 Å². The minimum Gasteiger partial charge on any atom is -0.450 e. The van der Waals surface area contributed by atoms with Gasteiger partial charge in [0, 0.05) is 31.5 Å². The Bertz CT molecular complexity index is 392. The van der Waals surface area contributed by atoms with Crippen LogP contribution in [0.1, 0.15) is 58.8 Å². The average Bonchev–Trinajstić information content (AvgIpc) is 2.81. The van der Waals surface area contributed by atoms with Crippen molar-refractivity contribution >= 4 is 11.9 Å². The number of carbonyl (C=O) groups excluding carboxylic acids is 2. The molecule has 2 heterocycles. The van der Waals surface area contributed by atoms with Gasteiger partial charge in [0.1, 0.15) is 5.78 Å². The predicted octanol–water partition coefficient (Wildman–Crippen LogP) is 3.08. The Labute approximate surface area is 140 Å². The summed E-state index contributed by atoms with van der Waals surface area (Å²) < 4.78 is 5.12. The normalized spacial score (nSPS) is 24.3. The minimum atomic E-state index is -0.169. The summed E-state index contributed by atoms with van der Waals surface area (Å²) >= 11 is 0. The van der Waals surface area contributed by atoms with E-state index >= 15 is 0 Å². The van der Waals surface area contributed by atoms with Gasteiger partial charge in [0.2, 0.25) is 0 Å². The molecule has 0 aromatic carbocycles. The highest BCUT2D eigenvalue weighted by Crippen LogP contribution is 2.25. The van der Waals surface area contributed by atoms with Gasteiger partial charge < -0.3 is 14.5 Å². The molecule has 5 heteroatoms. The molecule has 132 valence electrons. The van der Waals surface area contributed by atoms with E-state index in [9.17, 15) is 9.59 Å². The van der Waals surface area contributed by atoms with Crippen molar-refractivity contribution in [1.82, 2.24) is 9.80 Å². The molecule has 2 rings (SSSR count). The van der Waals surface area contributed by atoms with Crippen molar-refractivity contribution in [2.24, 2.45) is 5.92 Å². The second-order valence-electron chi connectivity index (χ2n) is 6.80. The zero-order valence-corrected chi connectivity index (χ0v) is 14.8. The number of ether oxygens (including phenoxy) is 1. The smallest absolute Gasteiger partial charge is 0.409 e. The molecule has 0 N–H and O–H groups in total. The van der Waals surface area contributed by atoms with E-state index in [2.05, 4.69) is 11.8 Å². The molecule has 0 aromatic rings. The molecular formula is C18H32N2O3. The summed E-state index contributed by atoms with van der Waals surface area (Å²) in [6.45, 7) is 8.03. The zero-order chi connectivity index (χ0) is 16.7. The molecule has 0 spiro atoms. The Hall–Kier alpha value is -1.10. The van der Waals surface area contributed by atoms with Gasteiger partial charge in [-0.05, 0) is 58.5 Å². The van der Waals surface area contributed by atoms with Gasteiger partial charge in [-0.15, -0.1) is 0 Å². The Morgan fingerprint density at radius 3 is 2.39 bits per heavy atom. The molecule has 2 aliphatic rings. The second kappa shape index (κ2) is 9.26. The fourth-order valence-electron chi connectivity index (χ4n) is 3.88. The first-order chi connectivity index (χ1) is 11.2. The van der Waals surface area contributed by atoms with Crippen LogP contribution in [0.3, 0.4) is 0 Å². The fraction of sp³-hybridized carbons (Fsp3) is 0.889. The Kier molecular flexibility index (Phi) is 7.34. The maximum atomic E-state index is 12.0. The predicted molar refractivity (Wildman–Crippen MR) is 90.4 cm³/mol. The number of amides is 1. The molecule has 2 fully saturated rings. The van der Waals surface area contributed by atoms with Gasteiger partial charge in [-0.2, -0.15) is 0 Å². The topological polar surface area (TPSA) is 49.9 Å². The number of carbonyl (C=O) groups is 2. The molecule has 2 aliphatic heterocycles. The van der Waals surface area contributed by atoms with E-state index in [0.29, 0.717) is 18.4 Å². The lowest BCUT2D eigenvalue weighted by Crippen LogP contribution is -2.43. The van der Waals surface area contributed by atoms with E-state index in [1.807, 2.05) is 11.8 Å². The van der Waals surface area contributed by atoms with Crippen LogP contribution < -0.4 is 0 Å². The van der Waals surface area contributed by atoms with E-state index < -0.39 is 0 Å². The van der Waals surface area contributed by atoms with Crippen molar-refractivity contribution in [3.05, 3.63) is 0 Å². The first-order valence-corrected chi connectivity index (χ1v) is 9.34. The number of likely N-dealkylation sites (tertiary alicyclic amines) is 2. The van der Waals surface area contributed by atoms with Crippen LogP contribution in [0.4, 0.5) is 4.79 Å². The van der Waals surface area contributed by atoms with Gasteiger partial charge in [0.25, 0.3) is 0 Å². The van der Waals surface area contributed by atoms with Crippen LogP contribution in [0, 0.1) is 5.92 Å². The molecule has 0 saturated carbocycles. The molecule has 0 bridgehead atoms. The van der Waals surface area contributed by atoms with Crippen molar-refractivity contribution in [3.63, 3.8) is 0 Å². The molecule has 23 heavy (non-hydrogen) atoms. The van der Waals surface area contributed by atoms with Crippen molar-refractivity contribution in [2.75, 3.05) is 32.8 Å². The van der Waals surface area contributed by atoms with Gasteiger partial charge in [-0.1, -0.05) is 6.92 Å². The average molecular weight is 324 g/mol. The monoisotopic (exact) mass is 324 g/mol. The van der Waals surface area contributed by atoms with Gasteiger partial charge in [-0.25, -0.2) is 4.79 Å². The quantitative estimate of drug-likeness (QED) is 0.780. The maximum Gasteiger partial charge on any atom is 0.409 e. The third-order valence-corrected chi connectivity index (χ3v) is 5.22. The third-order valence-electron chi connectivity index (χ3n) is 5.22. The highest BCUT2D eigenvalue weighted by molar-refractivity contribution is 5.81. The summed E-state index contributed by atoms with van der Waals surface area (Å²) in [5, 5.41) is 0. The molecule has 2 saturated heterocycles. The lowest BCUT2D eigenvalue weighted by Gasteiger charge is -2.37. The van der Waals surface area contributed by atoms with Gasteiger partial charge >= 0.3 is 6.09 Å². The van der Waals surface area contributed by atoms with Crippen LogP contribution in [-0.2, 0) is 9.53 Å². The van der Waals surface area contributed by atoms with Crippen LogP contribution in [0.5, 0.6) is 0 Å². The summed E-state index contributed by atoms with van der Waals surface area (Å²) in [6.07, 6.45) is 6.76. The van der Waals surface area contributed by atoms with E-state index in [0.717, 1.165) is 71.1 Å². The highest BCUT2D eigenvalue weighted by atomic mass is 16.6. The molecule has 1 atom stereocenters. The Morgan fingerprint density at radius 1 is 1.00 bits per heavy atom. The highest BCUT2D eigenvalue weighted by Gasteiger charge is 2.30. The van der Waals surface area contributed by atoms with Gasteiger partial charge in [0.05, 0.1) is 6.61 Å². The Balaban J connectivity index is 1.78. The Morgan fingerprint density at radius 2 is 1.74 bits per heavy atom. The number of Topliss-reactive ketones (excluding diaryl/α,β-unsaturated/α-hetero) is 1. The van der Waals surface area contributed by atoms with Crippen LogP contribution >= 0.6 is 0 Å². The molecule has 0 aromatic heterocycles. The van der Waals surface area contributed by atoms with E-state index in [1.54, 1.807) is 0 Å². The number of rotatable bonds is 5. The van der Waals surface area contributed by atoms with Gasteiger partial charge in [0.15, 0.2) is 0 Å². The third kappa shape index (κ3) is 5.20. The number of piperidine rings is 1. The van der Waals surface area contributed by atoms with E-state index in [4.69, 9.17) is 4.74 Å². The summed E-state index contributed by atoms with van der Waals surface area (Å²) in [7, 11) is 0. The standard InChI is InChI=1S/C18H32N2O3/c1-3-6-17(21)15-8-12-19(13-9-15)16-7-5-11-20(14-10-16)18(22)23-4-2/h15-16H,3-14H2,1-2H3/t16-/m0/s1. The fourth-order valence-corrected chi connectivity index (χ4v) is 3.88.